The van der Waals surface area contributed by atoms with Crippen molar-refractivity contribution in [1.29, 1.82) is 0 Å². The quantitative estimate of drug-likeness (QED) is 0.490. The Labute approximate surface area is 198 Å². The molecule has 2 aromatic carbocycles. The molecule has 180 valence electrons. The van der Waals surface area contributed by atoms with Crippen molar-refractivity contribution in [1.82, 2.24) is 9.88 Å². The molecular formula is C26H30F2N4O2. The third-order valence-corrected chi connectivity index (χ3v) is 6.44. The average Bonchev–Trinajstić information content (AvgIpc) is 3.35. The van der Waals surface area contributed by atoms with Gasteiger partial charge in [0, 0.05) is 37.8 Å². The van der Waals surface area contributed by atoms with E-state index in [0.717, 1.165) is 18.4 Å². The number of benzene rings is 2. The summed E-state index contributed by atoms with van der Waals surface area (Å²) in [4.78, 5) is 20.8. The number of nitrogens with one attached hydrogen (secondary N) is 1. The zero-order valence-electron chi connectivity index (χ0n) is 19.5. The number of hydrogen-bond donors (Lipinski definition) is 1. The van der Waals surface area contributed by atoms with Crippen LogP contribution in [0.5, 0.6) is 0 Å². The lowest BCUT2D eigenvalue weighted by Crippen LogP contribution is -2.48. The highest BCUT2D eigenvalue weighted by Crippen LogP contribution is 2.31. The van der Waals surface area contributed by atoms with Gasteiger partial charge in [0.1, 0.15) is 23.9 Å². The van der Waals surface area contributed by atoms with Gasteiger partial charge in [0.05, 0.1) is 11.9 Å². The molecule has 0 spiro atoms. The largest absolute Gasteiger partial charge is 0.447 e. The third kappa shape index (κ3) is 5.28. The molecular weight excluding hydrogens is 438 g/mol. The molecule has 0 radical (unpaired) electrons. The molecule has 1 atom stereocenters. The van der Waals surface area contributed by atoms with E-state index in [1.165, 1.54) is 24.5 Å². The van der Waals surface area contributed by atoms with Crippen LogP contribution in [0.25, 0.3) is 0 Å². The van der Waals surface area contributed by atoms with E-state index in [-0.39, 0.29) is 29.5 Å². The highest BCUT2D eigenvalue weighted by Gasteiger charge is 2.30. The highest BCUT2D eigenvalue weighted by molar-refractivity contribution is 5.92. The lowest BCUT2D eigenvalue weighted by molar-refractivity contribution is -0.120. The number of aromatic nitrogens is 1. The number of anilines is 2. The molecule has 8 heteroatoms. The second-order valence-electron chi connectivity index (χ2n) is 8.52. The summed E-state index contributed by atoms with van der Waals surface area (Å²) < 4.78 is 34.4. The molecule has 4 rings (SSSR count). The molecule has 34 heavy (non-hydrogen) atoms. The van der Waals surface area contributed by atoms with E-state index in [1.54, 1.807) is 24.4 Å². The molecule has 3 aromatic rings. The third-order valence-electron chi connectivity index (χ3n) is 6.44. The van der Waals surface area contributed by atoms with E-state index in [4.69, 9.17) is 4.42 Å². The van der Waals surface area contributed by atoms with E-state index in [2.05, 4.69) is 15.2 Å². The van der Waals surface area contributed by atoms with Crippen molar-refractivity contribution in [2.24, 2.45) is 5.92 Å². The molecule has 1 unspecified atom stereocenters. The van der Waals surface area contributed by atoms with E-state index in [1.807, 2.05) is 24.8 Å². The van der Waals surface area contributed by atoms with Crippen LogP contribution in [0.2, 0.25) is 0 Å². The first kappa shape index (κ1) is 23.9. The van der Waals surface area contributed by atoms with Crippen LogP contribution in [0.1, 0.15) is 44.2 Å². The summed E-state index contributed by atoms with van der Waals surface area (Å²) in [5.41, 5.74) is 1.73. The standard InChI is InChI=1S/C26H30F2N4O2/c1-3-18(4-2)25(33)30-21-8-9-23(22(28)17-21)31-11-13-32(14-12-31)24(26-29-10-15-34-26)19-6-5-7-20(27)16-19/h5-10,15-18,24H,3-4,11-14H2,1-2H3,(H,30,33). The maximum Gasteiger partial charge on any atom is 0.227 e. The number of carbonyl (C=O) groups excluding carboxylic acids is 1. The number of rotatable bonds is 8. The van der Waals surface area contributed by atoms with Crippen molar-refractivity contribution in [2.75, 3.05) is 36.4 Å². The monoisotopic (exact) mass is 468 g/mol. The maximum atomic E-state index is 15.0. The predicted molar refractivity (Wildman–Crippen MR) is 128 cm³/mol. The fraction of sp³-hybridized carbons (Fsp3) is 0.385. The Balaban J connectivity index is 1.45. The molecule has 0 bridgehead atoms. The van der Waals surface area contributed by atoms with Crippen LogP contribution in [0.15, 0.2) is 59.3 Å². The molecule has 1 amide bonds. The first-order valence-corrected chi connectivity index (χ1v) is 11.7. The summed E-state index contributed by atoms with van der Waals surface area (Å²) in [6, 6.07) is 11.0. The van der Waals surface area contributed by atoms with Crippen LogP contribution in [0, 0.1) is 17.6 Å². The van der Waals surface area contributed by atoms with Crippen molar-refractivity contribution in [2.45, 2.75) is 32.7 Å². The van der Waals surface area contributed by atoms with Gasteiger partial charge in [0.2, 0.25) is 11.8 Å². The van der Waals surface area contributed by atoms with Gasteiger partial charge >= 0.3 is 0 Å². The minimum atomic E-state index is -0.370. The molecule has 1 N–H and O–H groups in total. The van der Waals surface area contributed by atoms with Crippen molar-refractivity contribution in [3.8, 4) is 0 Å². The summed E-state index contributed by atoms with van der Waals surface area (Å²) in [6.45, 7) is 6.36. The lowest BCUT2D eigenvalue weighted by Gasteiger charge is -2.39. The number of halogens is 2. The number of hydrogen-bond acceptors (Lipinski definition) is 5. The summed E-state index contributed by atoms with van der Waals surface area (Å²) >= 11 is 0. The Kier molecular flexibility index (Phi) is 7.57. The summed E-state index contributed by atoms with van der Waals surface area (Å²) in [6.07, 6.45) is 4.59. The molecule has 1 saturated heterocycles. The van der Waals surface area contributed by atoms with E-state index < -0.39 is 0 Å². The summed E-state index contributed by atoms with van der Waals surface area (Å²) in [7, 11) is 0. The van der Waals surface area contributed by atoms with Crippen molar-refractivity contribution in [3.05, 3.63) is 78.0 Å². The van der Waals surface area contributed by atoms with Gasteiger partial charge in [-0.2, -0.15) is 0 Å². The van der Waals surface area contributed by atoms with Crippen molar-refractivity contribution < 1.29 is 18.0 Å². The van der Waals surface area contributed by atoms with Gasteiger partial charge in [-0.1, -0.05) is 26.0 Å². The zero-order valence-corrected chi connectivity index (χ0v) is 19.5. The van der Waals surface area contributed by atoms with E-state index in [0.29, 0.717) is 43.4 Å². The van der Waals surface area contributed by atoms with Gasteiger partial charge in [-0.15, -0.1) is 0 Å². The van der Waals surface area contributed by atoms with Crippen LogP contribution < -0.4 is 10.2 Å². The minimum absolute atomic E-state index is 0.0782. The van der Waals surface area contributed by atoms with Crippen LogP contribution >= 0.6 is 0 Å². The lowest BCUT2D eigenvalue weighted by atomic mass is 10.0. The fourth-order valence-corrected chi connectivity index (χ4v) is 4.52. The molecule has 6 nitrogen and oxygen atoms in total. The first-order valence-electron chi connectivity index (χ1n) is 11.7. The van der Waals surface area contributed by atoms with Crippen LogP contribution in [0.4, 0.5) is 20.2 Å². The Bertz CT molecular complexity index is 1090. The topological polar surface area (TPSA) is 61.6 Å². The van der Waals surface area contributed by atoms with Gasteiger partial charge in [-0.05, 0) is 48.7 Å². The molecule has 2 heterocycles. The zero-order chi connectivity index (χ0) is 24.1. The summed E-state index contributed by atoms with van der Waals surface area (Å²) in [5, 5.41) is 2.82. The summed E-state index contributed by atoms with van der Waals surface area (Å²) in [5.74, 6) is -0.342. The van der Waals surface area contributed by atoms with Gasteiger partial charge in [0.25, 0.3) is 0 Å². The smallest absolute Gasteiger partial charge is 0.227 e. The predicted octanol–water partition coefficient (Wildman–Crippen LogP) is 5.24. The maximum absolute atomic E-state index is 15.0. The fourth-order valence-electron chi connectivity index (χ4n) is 4.52. The molecule has 1 aliphatic rings. The minimum Gasteiger partial charge on any atom is -0.447 e. The highest BCUT2D eigenvalue weighted by atomic mass is 19.1. The molecule has 1 fully saturated rings. The molecule has 0 aliphatic carbocycles. The Hall–Kier alpha value is -3.26. The normalized spacial score (nSPS) is 15.5. The van der Waals surface area contributed by atoms with E-state index in [9.17, 15) is 13.6 Å². The van der Waals surface area contributed by atoms with Crippen molar-refractivity contribution in [3.63, 3.8) is 0 Å². The first-order chi connectivity index (χ1) is 16.5. The van der Waals surface area contributed by atoms with Crippen LogP contribution in [-0.2, 0) is 4.79 Å². The SMILES string of the molecule is CCC(CC)C(=O)Nc1ccc(N2CCN(C(c3cccc(F)c3)c3ncco3)CC2)c(F)c1. The van der Waals surface area contributed by atoms with E-state index >= 15 is 0 Å². The van der Waals surface area contributed by atoms with Gasteiger partial charge in [0.15, 0.2) is 0 Å². The Morgan fingerprint density at radius 2 is 1.85 bits per heavy atom. The van der Waals surface area contributed by atoms with Gasteiger partial charge in [-0.3, -0.25) is 9.69 Å². The van der Waals surface area contributed by atoms with Crippen molar-refractivity contribution >= 4 is 17.3 Å². The Morgan fingerprint density at radius 3 is 2.47 bits per heavy atom. The van der Waals surface area contributed by atoms with Gasteiger partial charge < -0.3 is 14.6 Å². The second kappa shape index (κ2) is 10.8. The van der Waals surface area contributed by atoms with Crippen LogP contribution in [-0.4, -0.2) is 42.0 Å². The second-order valence-corrected chi connectivity index (χ2v) is 8.52. The molecule has 1 aromatic heterocycles. The molecule has 1 aliphatic heterocycles. The number of carbonyl (C=O) groups is 1. The number of piperazine rings is 1. The Morgan fingerprint density at radius 1 is 1.09 bits per heavy atom. The number of amides is 1. The number of nitrogens with zero attached hydrogens (tertiary/aromatic N) is 3. The van der Waals surface area contributed by atoms with Crippen LogP contribution in [0.3, 0.4) is 0 Å². The van der Waals surface area contributed by atoms with Gasteiger partial charge in [-0.25, -0.2) is 13.8 Å². The average molecular weight is 469 g/mol. The molecule has 0 saturated carbocycles. The number of oxazole rings is 1.